The third-order valence-electron chi connectivity index (χ3n) is 1.85. The van der Waals surface area contributed by atoms with Gasteiger partial charge in [-0.15, -0.1) is 5.73 Å². The Labute approximate surface area is 95.2 Å². The molecule has 4 heteroatoms. The van der Waals surface area contributed by atoms with Crippen LogP contribution in [0.2, 0.25) is 0 Å². The minimum absolute atomic E-state index is 0.254. The molecule has 0 fully saturated rings. The SMILES string of the molecule is CCOCCOCCOC(=O)C1=C=CC=C1. The average Bonchev–Trinajstić information content (AvgIpc) is 2.81. The van der Waals surface area contributed by atoms with Crippen LogP contribution in [0.5, 0.6) is 0 Å². The van der Waals surface area contributed by atoms with Crippen molar-refractivity contribution in [2.45, 2.75) is 6.92 Å². The van der Waals surface area contributed by atoms with E-state index in [2.05, 4.69) is 5.73 Å². The van der Waals surface area contributed by atoms with Gasteiger partial charge in [0.2, 0.25) is 0 Å². The zero-order valence-electron chi connectivity index (χ0n) is 9.40. The number of esters is 1. The maximum absolute atomic E-state index is 11.3. The van der Waals surface area contributed by atoms with Crippen molar-refractivity contribution in [3.05, 3.63) is 29.5 Å². The Morgan fingerprint density at radius 1 is 1.25 bits per heavy atom. The number of hydrogen-bond acceptors (Lipinski definition) is 4. The van der Waals surface area contributed by atoms with Crippen LogP contribution in [0.4, 0.5) is 0 Å². The first-order valence-corrected chi connectivity index (χ1v) is 5.30. The van der Waals surface area contributed by atoms with Gasteiger partial charge in [-0.05, 0) is 19.1 Å². The van der Waals surface area contributed by atoms with Gasteiger partial charge >= 0.3 is 5.97 Å². The second kappa shape index (κ2) is 7.88. The van der Waals surface area contributed by atoms with Gasteiger partial charge in [0.1, 0.15) is 12.2 Å². The zero-order valence-corrected chi connectivity index (χ0v) is 9.40. The molecule has 0 saturated heterocycles. The standard InChI is InChI=1S/C12H16O4/c1-2-14-7-8-15-9-10-16-12(13)11-5-3-4-6-11/h3-5H,2,7-10H2,1H3. The lowest BCUT2D eigenvalue weighted by Gasteiger charge is -2.05. The Morgan fingerprint density at radius 2 is 2.00 bits per heavy atom. The minimum Gasteiger partial charge on any atom is -0.459 e. The maximum atomic E-state index is 11.3. The Bertz CT molecular complexity index is 311. The third-order valence-corrected chi connectivity index (χ3v) is 1.85. The van der Waals surface area contributed by atoms with Gasteiger partial charge in [-0.2, -0.15) is 0 Å². The van der Waals surface area contributed by atoms with Gasteiger partial charge in [-0.3, -0.25) is 0 Å². The third kappa shape index (κ3) is 4.94. The molecule has 0 spiro atoms. The van der Waals surface area contributed by atoms with Crippen LogP contribution < -0.4 is 0 Å². The topological polar surface area (TPSA) is 44.8 Å². The molecule has 88 valence electrons. The van der Waals surface area contributed by atoms with Gasteiger partial charge in [-0.25, -0.2) is 4.79 Å². The van der Waals surface area contributed by atoms with Crippen molar-refractivity contribution in [3.63, 3.8) is 0 Å². The molecule has 0 radical (unpaired) electrons. The lowest BCUT2D eigenvalue weighted by molar-refractivity contribution is -0.140. The molecule has 4 nitrogen and oxygen atoms in total. The van der Waals surface area contributed by atoms with Crippen LogP contribution in [0.1, 0.15) is 6.92 Å². The molecule has 0 unspecified atom stereocenters. The van der Waals surface area contributed by atoms with Crippen LogP contribution in [-0.4, -0.2) is 39.0 Å². The van der Waals surface area contributed by atoms with Crippen LogP contribution in [0.25, 0.3) is 0 Å². The average molecular weight is 224 g/mol. The van der Waals surface area contributed by atoms with Gasteiger partial charge in [0.15, 0.2) is 0 Å². The van der Waals surface area contributed by atoms with Crippen molar-refractivity contribution < 1.29 is 19.0 Å². The number of hydrogen-bond donors (Lipinski definition) is 0. The van der Waals surface area contributed by atoms with E-state index in [0.717, 1.165) is 0 Å². The van der Waals surface area contributed by atoms with Crippen molar-refractivity contribution >= 4 is 5.97 Å². The molecule has 16 heavy (non-hydrogen) atoms. The summed E-state index contributed by atoms with van der Waals surface area (Å²) in [6.45, 7) is 4.35. The molecule has 0 saturated carbocycles. The van der Waals surface area contributed by atoms with E-state index < -0.39 is 0 Å². The van der Waals surface area contributed by atoms with Crippen LogP contribution in [0, 0.1) is 0 Å². The highest BCUT2D eigenvalue weighted by atomic mass is 16.6. The molecule has 1 aliphatic rings. The molecule has 0 aromatic rings. The second-order valence-electron chi connectivity index (χ2n) is 3.03. The largest absolute Gasteiger partial charge is 0.459 e. The second-order valence-corrected chi connectivity index (χ2v) is 3.03. The molecular formula is C12H16O4. The zero-order chi connectivity index (χ0) is 11.6. The molecule has 0 aromatic carbocycles. The van der Waals surface area contributed by atoms with Crippen LogP contribution >= 0.6 is 0 Å². The summed E-state index contributed by atoms with van der Waals surface area (Å²) in [4.78, 5) is 11.3. The summed E-state index contributed by atoms with van der Waals surface area (Å²) < 4.78 is 15.2. The molecule has 0 atom stereocenters. The van der Waals surface area contributed by atoms with Crippen molar-refractivity contribution in [1.82, 2.24) is 0 Å². The molecular weight excluding hydrogens is 208 g/mol. The van der Waals surface area contributed by atoms with Crippen LogP contribution in [0.3, 0.4) is 0 Å². The molecule has 1 rings (SSSR count). The number of carbonyl (C=O) groups excluding carboxylic acids is 1. The van der Waals surface area contributed by atoms with Crippen LogP contribution in [0.15, 0.2) is 29.5 Å². The molecule has 0 heterocycles. The summed E-state index contributed by atoms with van der Waals surface area (Å²) in [6, 6.07) is 0. The van der Waals surface area contributed by atoms with Gasteiger partial charge in [-0.1, -0.05) is 6.08 Å². The fourth-order valence-electron chi connectivity index (χ4n) is 1.09. The van der Waals surface area contributed by atoms with Crippen molar-refractivity contribution in [3.8, 4) is 0 Å². The van der Waals surface area contributed by atoms with E-state index in [4.69, 9.17) is 14.2 Å². The Kier molecular flexibility index (Phi) is 6.26. The van der Waals surface area contributed by atoms with Crippen molar-refractivity contribution in [2.75, 3.05) is 33.0 Å². The first-order chi connectivity index (χ1) is 7.84. The van der Waals surface area contributed by atoms with Gasteiger partial charge in [0.05, 0.1) is 19.8 Å². The minimum atomic E-state index is -0.363. The molecule has 0 amide bonds. The van der Waals surface area contributed by atoms with E-state index in [1.165, 1.54) is 0 Å². The lowest BCUT2D eigenvalue weighted by atomic mass is 10.3. The van der Waals surface area contributed by atoms with Crippen molar-refractivity contribution in [2.24, 2.45) is 0 Å². The summed E-state index contributed by atoms with van der Waals surface area (Å²) >= 11 is 0. The monoisotopic (exact) mass is 224 g/mol. The fraction of sp³-hybridized carbons (Fsp3) is 0.500. The summed E-state index contributed by atoms with van der Waals surface area (Å²) in [6.07, 6.45) is 5.09. The molecule has 0 aliphatic heterocycles. The maximum Gasteiger partial charge on any atom is 0.346 e. The molecule has 0 N–H and O–H groups in total. The highest BCUT2D eigenvalue weighted by molar-refractivity contribution is 5.92. The van der Waals surface area contributed by atoms with E-state index in [1.807, 2.05) is 6.92 Å². The first kappa shape index (κ1) is 12.7. The molecule has 1 aliphatic carbocycles. The van der Waals surface area contributed by atoms with Crippen molar-refractivity contribution in [1.29, 1.82) is 0 Å². The van der Waals surface area contributed by atoms with E-state index in [0.29, 0.717) is 32.0 Å². The number of ether oxygens (including phenoxy) is 3. The van der Waals surface area contributed by atoms with Gasteiger partial charge in [0.25, 0.3) is 0 Å². The first-order valence-electron chi connectivity index (χ1n) is 5.30. The predicted molar refractivity (Wildman–Crippen MR) is 59.0 cm³/mol. The van der Waals surface area contributed by atoms with E-state index in [9.17, 15) is 4.79 Å². The molecule has 0 aromatic heterocycles. The Balaban J connectivity index is 1.97. The summed E-state index contributed by atoms with van der Waals surface area (Å²) in [5.74, 6) is -0.363. The van der Waals surface area contributed by atoms with E-state index >= 15 is 0 Å². The number of carbonyl (C=O) groups is 1. The van der Waals surface area contributed by atoms with Gasteiger partial charge < -0.3 is 14.2 Å². The fourth-order valence-corrected chi connectivity index (χ4v) is 1.09. The Morgan fingerprint density at radius 3 is 2.69 bits per heavy atom. The van der Waals surface area contributed by atoms with Gasteiger partial charge in [0, 0.05) is 6.61 Å². The highest BCUT2D eigenvalue weighted by Gasteiger charge is 2.08. The van der Waals surface area contributed by atoms with Crippen LogP contribution in [-0.2, 0) is 19.0 Å². The molecule has 0 bridgehead atoms. The summed E-state index contributed by atoms with van der Waals surface area (Å²) in [5, 5.41) is 0. The smallest absolute Gasteiger partial charge is 0.346 e. The quantitative estimate of drug-likeness (QED) is 0.353. The number of rotatable bonds is 8. The number of allylic oxidation sites excluding steroid dienone is 1. The normalized spacial score (nSPS) is 12.9. The predicted octanol–water partition coefficient (Wildman–Crippen LogP) is 1.23. The Hall–Kier alpha value is -1.35. The summed E-state index contributed by atoms with van der Waals surface area (Å²) in [7, 11) is 0. The van der Waals surface area contributed by atoms with E-state index in [1.54, 1.807) is 18.2 Å². The van der Waals surface area contributed by atoms with E-state index in [-0.39, 0.29) is 12.6 Å². The lowest BCUT2D eigenvalue weighted by Crippen LogP contribution is -2.13. The highest BCUT2D eigenvalue weighted by Crippen LogP contribution is 2.03. The summed E-state index contributed by atoms with van der Waals surface area (Å²) in [5.41, 5.74) is 3.22.